The predicted molar refractivity (Wildman–Crippen MR) is 69.5 cm³/mol. The van der Waals surface area contributed by atoms with Crippen LogP contribution >= 0.6 is 0 Å². The lowest BCUT2D eigenvalue weighted by atomic mass is 10.3. The van der Waals surface area contributed by atoms with Gasteiger partial charge in [0.1, 0.15) is 10.6 Å². The summed E-state index contributed by atoms with van der Waals surface area (Å²) in [7, 11) is -4.75. The van der Waals surface area contributed by atoms with Crippen LogP contribution in [-0.2, 0) is 10.1 Å². The zero-order chi connectivity index (χ0) is 16.5. The van der Waals surface area contributed by atoms with Crippen LogP contribution in [0.25, 0.3) is 0 Å². The molecule has 0 fully saturated rings. The summed E-state index contributed by atoms with van der Waals surface area (Å²) >= 11 is 0. The fourth-order valence-electron chi connectivity index (χ4n) is 1.46. The van der Waals surface area contributed by atoms with Crippen LogP contribution in [0.2, 0.25) is 0 Å². The lowest BCUT2D eigenvalue weighted by Gasteiger charge is -2.01. The minimum absolute atomic E-state index is 0.0367. The molecule has 1 aromatic carbocycles. The fourth-order valence-corrected chi connectivity index (χ4v) is 2.11. The molecule has 0 saturated heterocycles. The second kappa shape index (κ2) is 5.50. The van der Waals surface area contributed by atoms with Gasteiger partial charge in [-0.25, -0.2) is 0 Å². The maximum absolute atomic E-state index is 11.3. The van der Waals surface area contributed by atoms with Crippen molar-refractivity contribution >= 4 is 27.2 Å². The number of nitro benzene ring substituents is 1. The van der Waals surface area contributed by atoms with Gasteiger partial charge in [0.2, 0.25) is 0 Å². The van der Waals surface area contributed by atoms with E-state index in [0.717, 1.165) is 18.4 Å². The van der Waals surface area contributed by atoms with Crippen molar-refractivity contribution in [1.82, 2.24) is 0 Å². The van der Waals surface area contributed by atoms with Crippen LogP contribution in [-0.4, -0.2) is 17.9 Å². The van der Waals surface area contributed by atoms with Gasteiger partial charge in [-0.2, -0.15) is 8.42 Å². The molecule has 0 spiro atoms. The summed E-state index contributed by atoms with van der Waals surface area (Å²) in [6.07, 6.45) is 0.990. The fraction of sp³-hybridized carbons (Fsp3) is 0.100. The summed E-state index contributed by atoms with van der Waals surface area (Å²) in [6, 6.07) is 2.66. The van der Waals surface area contributed by atoms with E-state index in [2.05, 4.69) is 14.8 Å². The first-order chi connectivity index (χ1) is 10.2. The Balaban J connectivity index is 2.51. The van der Waals surface area contributed by atoms with Gasteiger partial charge in [-0.1, -0.05) is 0 Å². The second-order valence-electron chi connectivity index (χ2n) is 4.04. The second-order valence-corrected chi connectivity index (χ2v) is 5.43. The number of hydrogen-bond acceptors (Lipinski definition) is 8. The number of nitro groups is 1. The van der Waals surface area contributed by atoms with Crippen molar-refractivity contribution in [2.24, 2.45) is 10.2 Å². The summed E-state index contributed by atoms with van der Waals surface area (Å²) in [4.78, 5) is 9.22. The molecule has 22 heavy (non-hydrogen) atoms. The average Bonchev–Trinajstić information content (AvgIpc) is 2.75. The molecule has 0 amide bonds. The van der Waals surface area contributed by atoms with Crippen molar-refractivity contribution in [3.05, 3.63) is 45.5 Å². The molecular weight excluding hydrogens is 320 g/mol. The number of hydrogen-bond donors (Lipinski definition) is 1. The molecule has 12 heteroatoms. The van der Waals surface area contributed by atoms with Crippen molar-refractivity contribution in [2.75, 3.05) is 0 Å². The SMILES string of the molecule is Cc1c(N=Nc2ccc([N+](=O)[O-])cc2S(=O)(=O)O)co[n+]1[O-]. The third kappa shape index (κ3) is 3.07. The highest BCUT2D eigenvalue weighted by atomic mass is 32.2. The number of benzene rings is 1. The van der Waals surface area contributed by atoms with Gasteiger partial charge >= 0.3 is 0 Å². The van der Waals surface area contributed by atoms with Crippen LogP contribution in [0.15, 0.2) is 44.1 Å². The molecule has 0 aliphatic heterocycles. The van der Waals surface area contributed by atoms with Gasteiger partial charge in [-0.3, -0.25) is 19.9 Å². The Labute approximate surface area is 123 Å². The van der Waals surface area contributed by atoms with Crippen molar-refractivity contribution in [3.63, 3.8) is 0 Å². The van der Waals surface area contributed by atoms with Crippen molar-refractivity contribution < 1.29 is 27.3 Å². The van der Waals surface area contributed by atoms with Crippen LogP contribution in [0, 0.1) is 22.2 Å². The molecule has 0 saturated carbocycles. The maximum atomic E-state index is 11.3. The van der Waals surface area contributed by atoms with Crippen LogP contribution in [0.4, 0.5) is 17.1 Å². The number of aromatic nitrogens is 1. The molecule has 0 bridgehead atoms. The molecule has 0 atom stereocenters. The summed E-state index contributed by atoms with van der Waals surface area (Å²) in [5.41, 5.74) is -0.747. The Bertz CT molecular complexity index is 871. The minimum Gasteiger partial charge on any atom is -0.372 e. The largest absolute Gasteiger partial charge is 0.372 e. The normalized spacial score (nSPS) is 11.9. The molecular formula is C10H8N4O7S. The van der Waals surface area contributed by atoms with E-state index in [1.807, 2.05) is 0 Å². The van der Waals surface area contributed by atoms with Gasteiger partial charge in [0.05, 0.1) is 11.2 Å². The maximum Gasteiger partial charge on any atom is 0.297 e. The molecule has 0 aliphatic rings. The van der Waals surface area contributed by atoms with E-state index in [-0.39, 0.29) is 22.0 Å². The monoisotopic (exact) mass is 328 g/mol. The summed E-state index contributed by atoms with van der Waals surface area (Å²) in [5.74, 6) is 0. The van der Waals surface area contributed by atoms with E-state index >= 15 is 0 Å². The minimum atomic E-state index is -4.75. The number of azo groups is 1. The molecule has 116 valence electrons. The Morgan fingerprint density at radius 3 is 2.45 bits per heavy atom. The molecule has 0 unspecified atom stereocenters. The molecule has 1 heterocycles. The molecule has 2 aromatic rings. The topological polar surface area (TPSA) is 162 Å². The van der Waals surface area contributed by atoms with Crippen LogP contribution < -0.4 is 4.90 Å². The Kier molecular flexibility index (Phi) is 3.88. The molecule has 11 nitrogen and oxygen atoms in total. The quantitative estimate of drug-likeness (QED) is 0.294. The van der Waals surface area contributed by atoms with Crippen molar-refractivity contribution in [2.45, 2.75) is 11.8 Å². The molecule has 1 aromatic heterocycles. The third-order valence-corrected chi connectivity index (χ3v) is 3.49. The highest BCUT2D eigenvalue weighted by molar-refractivity contribution is 7.86. The van der Waals surface area contributed by atoms with Crippen LogP contribution in [0.3, 0.4) is 0 Å². The van der Waals surface area contributed by atoms with E-state index in [9.17, 15) is 23.7 Å². The van der Waals surface area contributed by atoms with Gasteiger partial charge < -0.3 is 4.52 Å². The first-order valence-electron chi connectivity index (χ1n) is 5.56. The summed E-state index contributed by atoms with van der Waals surface area (Å²) < 4.78 is 36.1. The lowest BCUT2D eigenvalue weighted by molar-refractivity contribution is -0.797. The number of nitrogens with zero attached hydrogens (tertiary/aromatic N) is 4. The Morgan fingerprint density at radius 1 is 1.32 bits per heavy atom. The third-order valence-electron chi connectivity index (χ3n) is 2.60. The van der Waals surface area contributed by atoms with Crippen LogP contribution in [0.5, 0.6) is 0 Å². The molecule has 2 rings (SSSR count). The molecule has 0 aliphatic carbocycles. The average molecular weight is 328 g/mol. The Hall–Kier alpha value is -2.86. The van der Waals surface area contributed by atoms with E-state index < -0.39 is 25.6 Å². The summed E-state index contributed by atoms with van der Waals surface area (Å²) in [6.45, 7) is 1.39. The first-order valence-corrected chi connectivity index (χ1v) is 7.00. The molecule has 1 N–H and O–H groups in total. The van der Waals surface area contributed by atoms with E-state index in [0.29, 0.717) is 6.07 Å². The summed E-state index contributed by atoms with van der Waals surface area (Å²) in [5, 5.41) is 28.9. The predicted octanol–water partition coefficient (Wildman–Crippen LogP) is 1.79. The van der Waals surface area contributed by atoms with Crippen LogP contribution in [0.1, 0.15) is 5.69 Å². The van der Waals surface area contributed by atoms with Gasteiger partial charge in [0.25, 0.3) is 21.5 Å². The highest BCUT2D eigenvalue weighted by Crippen LogP contribution is 2.30. The van der Waals surface area contributed by atoms with Gasteiger partial charge in [0, 0.05) is 24.0 Å². The molecule has 0 radical (unpaired) electrons. The highest BCUT2D eigenvalue weighted by Gasteiger charge is 2.20. The smallest absolute Gasteiger partial charge is 0.297 e. The number of non-ortho nitro benzene ring substituents is 1. The first kappa shape index (κ1) is 15.5. The van der Waals surface area contributed by atoms with Crippen molar-refractivity contribution in [1.29, 1.82) is 0 Å². The Morgan fingerprint density at radius 2 is 1.95 bits per heavy atom. The zero-order valence-corrected chi connectivity index (χ0v) is 11.7. The van der Waals surface area contributed by atoms with Crippen molar-refractivity contribution in [3.8, 4) is 0 Å². The van der Waals surface area contributed by atoms with E-state index in [1.165, 1.54) is 6.92 Å². The number of rotatable bonds is 4. The van der Waals surface area contributed by atoms with Gasteiger partial charge in [0.15, 0.2) is 5.69 Å². The zero-order valence-electron chi connectivity index (χ0n) is 10.9. The van der Waals surface area contributed by atoms with E-state index in [4.69, 9.17) is 4.55 Å². The lowest BCUT2D eigenvalue weighted by Crippen LogP contribution is -2.25. The van der Waals surface area contributed by atoms with E-state index in [1.54, 1.807) is 0 Å². The van der Waals surface area contributed by atoms with Gasteiger partial charge in [-0.05, 0) is 6.07 Å². The van der Waals surface area contributed by atoms with Gasteiger partial charge in [-0.15, -0.1) is 10.2 Å². The standard InChI is InChI=1S/C10H8N4O7S/c1-6-9(5-21-14(6)17)12-11-8-3-2-7(13(15)16)4-10(8)22(18,19)20/h2-5H,1H3,(H,18,19,20).